The number of rotatable bonds is 7. The monoisotopic (exact) mass is 437 g/mol. The Kier molecular flexibility index (Phi) is 5.65. The predicted molar refractivity (Wildman–Crippen MR) is 118 cm³/mol. The van der Waals surface area contributed by atoms with E-state index in [2.05, 4.69) is 15.0 Å². The second-order valence-electron chi connectivity index (χ2n) is 7.61. The second-order valence-corrected chi connectivity index (χ2v) is 9.29. The van der Waals surface area contributed by atoms with Gasteiger partial charge in [-0.15, -0.1) is 0 Å². The first kappa shape index (κ1) is 20.9. The highest BCUT2D eigenvalue weighted by Gasteiger charge is 2.23. The lowest BCUT2D eigenvalue weighted by atomic mass is 10.1. The Morgan fingerprint density at radius 3 is 2.35 bits per heavy atom. The molecule has 4 rings (SSSR count). The van der Waals surface area contributed by atoms with Crippen molar-refractivity contribution in [1.82, 2.24) is 10.3 Å². The highest BCUT2D eigenvalue weighted by atomic mass is 32.2. The van der Waals surface area contributed by atoms with Crippen molar-refractivity contribution in [2.75, 3.05) is 4.72 Å². The summed E-state index contributed by atoms with van der Waals surface area (Å²) < 4.78 is 33.4. The number of ether oxygens (including phenoxy) is 1. The van der Waals surface area contributed by atoms with Crippen LogP contribution in [0.1, 0.15) is 34.3 Å². The summed E-state index contributed by atoms with van der Waals surface area (Å²) in [5.41, 5.74) is 2.83. The van der Waals surface area contributed by atoms with Crippen LogP contribution in [0.5, 0.6) is 11.6 Å². The first-order valence-corrected chi connectivity index (χ1v) is 11.4. The molecular formula is C23H23N3O4S. The number of benzene rings is 2. The molecule has 0 radical (unpaired) electrons. The van der Waals surface area contributed by atoms with Gasteiger partial charge in [-0.3, -0.25) is 9.52 Å². The fourth-order valence-electron chi connectivity index (χ4n) is 2.89. The van der Waals surface area contributed by atoms with Crippen LogP contribution in [0.4, 0.5) is 5.69 Å². The molecule has 1 saturated carbocycles. The molecule has 1 aliphatic rings. The van der Waals surface area contributed by atoms with Gasteiger partial charge in [0.15, 0.2) is 0 Å². The van der Waals surface area contributed by atoms with E-state index in [4.69, 9.17) is 4.74 Å². The molecule has 0 bridgehead atoms. The summed E-state index contributed by atoms with van der Waals surface area (Å²) in [6.45, 7) is 3.80. The second kappa shape index (κ2) is 8.39. The molecule has 2 aromatic carbocycles. The molecule has 0 saturated heterocycles. The standard InChI is InChI=1S/C23H23N3O4S/c1-15-3-11-21(13-16(15)2)31(28,29)26-19-8-12-22(24-14-19)30-20-9-4-17(5-10-20)23(27)25-18-6-7-18/h3-5,8-14,18,26H,6-7H2,1-2H3,(H,25,27). The zero-order chi connectivity index (χ0) is 22.0. The van der Waals surface area contributed by atoms with Crippen molar-refractivity contribution in [3.8, 4) is 11.6 Å². The SMILES string of the molecule is Cc1ccc(S(=O)(=O)Nc2ccc(Oc3ccc(C(=O)NC4CC4)cc3)nc2)cc1C. The van der Waals surface area contributed by atoms with Gasteiger partial charge in [-0.1, -0.05) is 6.07 Å². The van der Waals surface area contributed by atoms with Crippen LogP contribution in [0.15, 0.2) is 65.7 Å². The van der Waals surface area contributed by atoms with Crippen LogP contribution in [0, 0.1) is 13.8 Å². The fraction of sp³-hybridized carbons (Fsp3) is 0.217. The number of hydrogen-bond acceptors (Lipinski definition) is 5. The van der Waals surface area contributed by atoms with E-state index in [1.54, 1.807) is 54.6 Å². The number of anilines is 1. The smallest absolute Gasteiger partial charge is 0.261 e. The van der Waals surface area contributed by atoms with E-state index >= 15 is 0 Å². The zero-order valence-electron chi connectivity index (χ0n) is 17.3. The molecule has 0 spiro atoms. The van der Waals surface area contributed by atoms with E-state index in [1.807, 2.05) is 13.8 Å². The molecule has 8 heteroatoms. The first-order chi connectivity index (χ1) is 14.8. The summed E-state index contributed by atoms with van der Waals surface area (Å²) in [6, 6.07) is 15.2. The topological polar surface area (TPSA) is 97.4 Å². The molecule has 2 N–H and O–H groups in total. The van der Waals surface area contributed by atoms with Gasteiger partial charge < -0.3 is 10.1 Å². The zero-order valence-corrected chi connectivity index (χ0v) is 18.1. The summed E-state index contributed by atoms with van der Waals surface area (Å²) >= 11 is 0. The van der Waals surface area contributed by atoms with Crippen molar-refractivity contribution in [2.24, 2.45) is 0 Å². The van der Waals surface area contributed by atoms with Gasteiger partial charge in [-0.05, 0) is 80.3 Å². The van der Waals surface area contributed by atoms with E-state index in [9.17, 15) is 13.2 Å². The molecule has 1 amide bonds. The molecule has 0 unspecified atom stereocenters. The minimum Gasteiger partial charge on any atom is -0.439 e. The normalized spacial score (nSPS) is 13.5. The Balaban J connectivity index is 1.39. The Morgan fingerprint density at radius 2 is 1.74 bits per heavy atom. The summed E-state index contributed by atoms with van der Waals surface area (Å²) in [4.78, 5) is 16.4. The maximum absolute atomic E-state index is 12.6. The molecule has 0 atom stereocenters. The molecule has 1 aromatic heterocycles. The highest BCUT2D eigenvalue weighted by Crippen LogP contribution is 2.24. The minimum absolute atomic E-state index is 0.0902. The summed E-state index contributed by atoms with van der Waals surface area (Å²) in [7, 11) is -3.71. The van der Waals surface area contributed by atoms with Gasteiger partial charge in [0.25, 0.3) is 15.9 Å². The molecule has 3 aromatic rings. The number of amides is 1. The third-order valence-electron chi connectivity index (χ3n) is 5.03. The number of aryl methyl sites for hydroxylation is 2. The number of nitrogens with zero attached hydrogens (tertiary/aromatic N) is 1. The molecule has 160 valence electrons. The van der Waals surface area contributed by atoms with Gasteiger partial charge in [-0.25, -0.2) is 13.4 Å². The number of pyridine rings is 1. The number of carbonyl (C=O) groups is 1. The van der Waals surface area contributed by atoms with E-state index < -0.39 is 10.0 Å². The quantitative estimate of drug-likeness (QED) is 0.578. The van der Waals surface area contributed by atoms with Crippen LogP contribution in [0.25, 0.3) is 0 Å². The maximum Gasteiger partial charge on any atom is 0.261 e. The van der Waals surface area contributed by atoms with Crippen molar-refractivity contribution in [3.63, 3.8) is 0 Å². The van der Waals surface area contributed by atoms with E-state index in [0.717, 1.165) is 24.0 Å². The molecule has 0 aliphatic heterocycles. The number of carbonyl (C=O) groups excluding carboxylic acids is 1. The molecule has 7 nitrogen and oxygen atoms in total. The van der Waals surface area contributed by atoms with E-state index in [1.165, 1.54) is 6.20 Å². The first-order valence-electron chi connectivity index (χ1n) is 9.95. The van der Waals surface area contributed by atoms with Crippen LogP contribution in [0.3, 0.4) is 0 Å². The van der Waals surface area contributed by atoms with Crippen LogP contribution in [0.2, 0.25) is 0 Å². The van der Waals surface area contributed by atoms with Crippen LogP contribution >= 0.6 is 0 Å². The number of nitrogens with one attached hydrogen (secondary N) is 2. The molecule has 1 fully saturated rings. The molecule has 1 aliphatic carbocycles. The minimum atomic E-state index is -3.71. The summed E-state index contributed by atoms with van der Waals surface area (Å²) in [5, 5.41) is 2.93. The van der Waals surface area contributed by atoms with Gasteiger partial charge in [0.05, 0.1) is 16.8 Å². The Morgan fingerprint density at radius 1 is 1.00 bits per heavy atom. The van der Waals surface area contributed by atoms with Crippen molar-refractivity contribution >= 4 is 21.6 Å². The third-order valence-corrected chi connectivity index (χ3v) is 6.41. The Labute approximate surface area is 181 Å². The number of sulfonamides is 1. The molecular weight excluding hydrogens is 414 g/mol. The van der Waals surface area contributed by atoms with Gasteiger partial charge >= 0.3 is 0 Å². The predicted octanol–water partition coefficient (Wildman–Crippen LogP) is 4.18. The summed E-state index contributed by atoms with van der Waals surface area (Å²) in [5.74, 6) is 0.746. The maximum atomic E-state index is 12.6. The number of hydrogen-bond donors (Lipinski definition) is 2. The lowest BCUT2D eigenvalue weighted by Crippen LogP contribution is -2.25. The van der Waals surface area contributed by atoms with Crippen LogP contribution < -0.4 is 14.8 Å². The van der Waals surface area contributed by atoms with Crippen molar-refractivity contribution in [1.29, 1.82) is 0 Å². The fourth-order valence-corrected chi connectivity index (χ4v) is 4.02. The van der Waals surface area contributed by atoms with Gasteiger partial charge in [0.2, 0.25) is 5.88 Å². The molecule has 31 heavy (non-hydrogen) atoms. The third kappa shape index (κ3) is 5.21. The Bertz CT molecular complexity index is 1200. The van der Waals surface area contributed by atoms with Crippen molar-refractivity contribution < 1.29 is 17.9 Å². The lowest BCUT2D eigenvalue weighted by molar-refractivity contribution is 0.0951. The largest absolute Gasteiger partial charge is 0.439 e. The lowest BCUT2D eigenvalue weighted by Gasteiger charge is -2.10. The van der Waals surface area contributed by atoms with E-state index in [-0.39, 0.29) is 10.8 Å². The molecule has 1 heterocycles. The summed E-state index contributed by atoms with van der Waals surface area (Å²) in [6.07, 6.45) is 3.47. The van der Waals surface area contributed by atoms with Gasteiger partial charge in [-0.2, -0.15) is 0 Å². The van der Waals surface area contributed by atoms with Gasteiger partial charge in [0, 0.05) is 17.7 Å². The average Bonchev–Trinajstić information content (AvgIpc) is 3.56. The van der Waals surface area contributed by atoms with Crippen molar-refractivity contribution in [2.45, 2.75) is 37.6 Å². The van der Waals surface area contributed by atoms with Crippen molar-refractivity contribution in [3.05, 3.63) is 77.5 Å². The average molecular weight is 438 g/mol. The van der Waals surface area contributed by atoms with Gasteiger partial charge in [0.1, 0.15) is 5.75 Å². The highest BCUT2D eigenvalue weighted by molar-refractivity contribution is 7.92. The van der Waals surface area contributed by atoms with E-state index in [0.29, 0.717) is 28.9 Å². The number of aromatic nitrogens is 1. The van der Waals surface area contributed by atoms with Crippen LogP contribution in [-0.2, 0) is 10.0 Å². The van der Waals surface area contributed by atoms with Crippen LogP contribution in [-0.4, -0.2) is 25.4 Å². The Hall–Kier alpha value is -3.39.